The number of pyridine rings is 2. The van der Waals surface area contributed by atoms with Crippen LogP contribution in [-0.2, 0) is 4.79 Å². The zero-order valence-electron chi connectivity index (χ0n) is 14.3. The predicted octanol–water partition coefficient (Wildman–Crippen LogP) is 1.15. The third-order valence-corrected chi connectivity index (χ3v) is 4.16. The van der Waals surface area contributed by atoms with Crippen molar-refractivity contribution in [1.82, 2.24) is 14.9 Å². The number of aromatic nitrogens is 2. The van der Waals surface area contributed by atoms with E-state index in [9.17, 15) is 9.59 Å². The van der Waals surface area contributed by atoms with Gasteiger partial charge in [-0.3, -0.25) is 14.6 Å². The third kappa shape index (κ3) is 3.80. The molecule has 0 atom stereocenters. The molecule has 3 N–H and O–H groups in total. The summed E-state index contributed by atoms with van der Waals surface area (Å²) >= 11 is 0. The Bertz CT molecular complexity index is 816. The van der Waals surface area contributed by atoms with Gasteiger partial charge in [0.25, 0.3) is 5.91 Å². The Balaban J connectivity index is 1.81. The fourth-order valence-electron chi connectivity index (χ4n) is 2.78. The summed E-state index contributed by atoms with van der Waals surface area (Å²) in [5.41, 5.74) is 6.47. The number of rotatable bonds is 5. The molecule has 0 bridgehead atoms. The zero-order chi connectivity index (χ0) is 18.5. The molecule has 2 aromatic rings. The van der Waals surface area contributed by atoms with E-state index in [0.717, 1.165) is 0 Å². The van der Waals surface area contributed by atoms with Crippen molar-refractivity contribution in [3.05, 3.63) is 54.9 Å². The first-order valence-corrected chi connectivity index (χ1v) is 8.22. The number of piperazine rings is 1. The first kappa shape index (κ1) is 17.4. The number of nitrogens with one attached hydrogen (secondary N) is 1. The number of anilines is 3. The molecule has 1 aliphatic rings. The van der Waals surface area contributed by atoms with E-state index >= 15 is 0 Å². The van der Waals surface area contributed by atoms with Crippen molar-refractivity contribution >= 4 is 29.1 Å². The summed E-state index contributed by atoms with van der Waals surface area (Å²) in [4.78, 5) is 35.8. The van der Waals surface area contributed by atoms with Crippen LogP contribution < -0.4 is 16.0 Å². The number of carbonyl (C=O) groups excluding carboxylic acids is 2. The highest BCUT2D eigenvalue weighted by atomic mass is 16.2. The first-order valence-electron chi connectivity index (χ1n) is 8.22. The normalized spacial score (nSPS) is 14.0. The van der Waals surface area contributed by atoms with Gasteiger partial charge in [0.15, 0.2) is 0 Å². The van der Waals surface area contributed by atoms with E-state index in [1.165, 1.54) is 6.08 Å². The van der Waals surface area contributed by atoms with Gasteiger partial charge in [-0.05, 0) is 30.3 Å². The smallest absolute Gasteiger partial charge is 0.252 e. The van der Waals surface area contributed by atoms with Crippen LogP contribution in [0.5, 0.6) is 0 Å². The van der Waals surface area contributed by atoms with Gasteiger partial charge in [0.1, 0.15) is 11.6 Å². The van der Waals surface area contributed by atoms with Crippen LogP contribution in [0.4, 0.5) is 17.3 Å². The highest BCUT2D eigenvalue weighted by molar-refractivity contribution is 5.98. The average molecular weight is 352 g/mol. The van der Waals surface area contributed by atoms with E-state index in [1.807, 2.05) is 6.07 Å². The van der Waals surface area contributed by atoms with Crippen molar-refractivity contribution in [2.24, 2.45) is 5.73 Å². The van der Waals surface area contributed by atoms with Gasteiger partial charge < -0.3 is 20.9 Å². The molecule has 0 unspecified atom stereocenters. The predicted molar refractivity (Wildman–Crippen MR) is 99.3 cm³/mol. The number of carbonyl (C=O) groups is 2. The van der Waals surface area contributed by atoms with Gasteiger partial charge in [-0.15, -0.1) is 0 Å². The molecule has 8 heteroatoms. The monoisotopic (exact) mass is 352 g/mol. The molecule has 0 aromatic carbocycles. The van der Waals surface area contributed by atoms with Gasteiger partial charge >= 0.3 is 0 Å². The molecule has 8 nitrogen and oxygen atoms in total. The van der Waals surface area contributed by atoms with Gasteiger partial charge in [-0.1, -0.05) is 6.58 Å². The number of nitrogens with two attached hydrogens (primary N) is 1. The molecule has 0 spiro atoms. The van der Waals surface area contributed by atoms with E-state index in [-0.39, 0.29) is 5.91 Å². The number of amides is 2. The summed E-state index contributed by atoms with van der Waals surface area (Å²) < 4.78 is 0. The highest BCUT2D eigenvalue weighted by Gasteiger charge is 2.21. The summed E-state index contributed by atoms with van der Waals surface area (Å²) in [5, 5.41) is 3.09. The van der Waals surface area contributed by atoms with Crippen LogP contribution in [0.1, 0.15) is 10.4 Å². The summed E-state index contributed by atoms with van der Waals surface area (Å²) in [6.45, 7) is 6.00. The van der Waals surface area contributed by atoms with Crippen LogP contribution in [0.25, 0.3) is 0 Å². The van der Waals surface area contributed by atoms with Gasteiger partial charge in [0.2, 0.25) is 5.91 Å². The molecule has 3 heterocycles. The zero-order valence-corrected chi connectivity index (χ0v) is 14.3. The Kier molecular flexibility index (Phi) is 5.12. The summed E-state index contributed by atoms with van der Waals surface area (Å²) in [6.07, 6.45) is 4.62. The van der Waals surface area contributed by atoms with Gasteiger partial charge in [0, 0.05) is 32.4 Å². The molecule has 1 saturated heterocycles. The minimum Gasteiger partial charge on any atom is -0.365 e. The Labute approximate surface area is 151 Å². The molecular formula is C18H20N6O2. The van der Waals surface area contributed by atoms with Crippen molar-refractivity contribution in [2.45, 2.75) is 0 Å². The van der Waals surface area contributed by atoms with Crippen molar-refractivity contribution < 1.29 is 9.59 Å². The van der Waals surface area contributed by atoms with Crippen molar-refractivity contribution in [3.63, 3.8) is 0 Å². The van der Waals surface area contributed by atoms with Crippen molar-refractivity contribution in [3.8, 4) is 0 Å². The molecule has 3 rings (SSSR count). The molecule has 0 saturated carbocycles. The SMILES string of the molecule is C=CC(=O)N1CCN(c2ccc(C(N)=O)c(Nc3cccnc3)n2)CC1. The topological polar surface area (TPSA) is 104 Å². The molecule has 0 aliphatic carbocycles. The van der Waals surface area contributed by atoms with Gasteiger partial charge in [-0.2, -0.15) is 0 Å². The Hall–Kier alpha value is -3.42. The fraction of sp³-hybridized carbons (Fsp3) is 0.222. The summed E-state index contributed by atoms with van der Waals surface area (Å²) in [7, 11) is 0. The van der Waals surface area contributed by atoms with E-state index in [4.69, 9.17) is 5.73 Å². The van der Waals surface area contributed by atoms with Crippen molar-refractivity contribution in [1.29, 1.82) is 0 Å². The van der Waals surface area contributed by atoms with E-state index in [0.29, 0.717) is 49.1 Å². The van der Waals surface area contributed by atoms with E-state index in [2.05, 4.69) is 26.8 Å². The number of hydrogen-bond donors (Lipinski definition) is 2. The van der Waals surface area contributed by atoms with E-state index in [1.54, 1.807) is 35.5 Å². The number of hydrogen-bond acceptors (Lipinski definition) is 6. The lowest BCUT2D eigenvalue weighted by molar-refractivity contribution is -0.126. The lowest BCUT2D eigenvalue weighted by Crippen LogP contribution is -2.48. The standard InChI is InChI=1S/C18H20N6O2/c1-2-16(25)24-10-8-23(9-11-24)15-6-5-14(17(19)26)18(22-15)21-13-4-3-7-20-12-13/h2-7,12H,1,8-11H2,(H2,19,26)(H,21,22). The minimum absolute atomic E-state index is 0.0689. The van der Waals surface area contributed by atoms with Crippen LogP contribution in [0.15, 0.2) is 49.3 Å². The van der Waals surface area contributed by atoms with Crippen LogP contribution in [0, 0.1) is 0 Å². The summed E-state index contributed by atoms with van der Waals surface area (Å²) in [6, 6.07) is 7.03. The second kappa shape index (κ2) is 7.64. The van der Waals surface area contributed by atoms with Gasteiger partial charge in [-0.25, -0.2) is 4.98 Å². The van der Waals surface area contributed by atoms with Crippen LogP contribution >= 0.6 is 0 Å². The van der Waals surface area contributed by atoms with E-state index < -0.39 is 5.91 Å². The molecule has 1 fully saturated rings. The Morgan fingerprint density at radius 2 is 1.96 bits per heavy atom. The Morgan fingerprint density at radius 3 is 2.58 bits per heavy atom. The number of nitrogens with zero attached hydrogens (tertiary/aromatic N) is 4. The van der Waals surface area contributed by atoms with Crippen molar-refractivity contribution in [2.75, 3.05) is 36.4 Å². The minimum atomic E-state index is -0.558. The molecule has 1 aliphatic heterocycles. The molecule has 0 radical (unpaired) electrons. The molecule has 2 aromatic heterocycles. The lowest BCUT2D eigenvalue weighted by Gasteiger charge is -2.35. The quantitative estimate of drug-likeness (QED) is 0.783. The lowest BCUT2D eigenvalue weighted by atomic mass is 10.2. The number of primary amides is 1. The average Bonchev–Trinajstić information content (AvgIpc) is 2.68. The second-order valence-corrected chi connectivity index (χ2v) is 5.81. The first-order chi connectivity index (χ1) is 12.6. The second-order valence-electron chi connectivity index (χ2n) is 5.81. The van der Waals surface area contributed by atoms with Crippen LogP contribution in [-0.4, -0.2) is 52.9 Å². The Morgan fingerprint density at radius 1 is 1.19 bits per heavy atom. The maximum Gasteiger partial charge on any atom is 0.252 e. The molecular weight excluding hydrogens is 332 g/mol. The van der Waals surface area contributed by atoms with Crippen LogP contribution in [0.3, 0.4) is 0 Å². The van der Waals surface area contributed by atoms with Crippen LogP contribution in [0.2, 0.25) is 0 Å². The molecule has 2 amide bonds. The molecule has 134 valence electrons. The molecule has 26 heavy (non-hydrogen) atoms. The third-order valence-electron chi connectivity index (χ3n) is 4.16. The fourth-order valence-corrected chi connectivity index (χ4v) is 2.78. The maximum absolute atomic E-state index is 11.7. The summed E-state index contributed by atoms with van der Waals surface area (Å²) in [5.74, 6) is 0.470. The largest absolute Gasteiger partial charge is 0.365 e. The maximum atomic E-state index is 11.7. The highest BCUT2D eigenvalue weighted by Crippen LogP contribution is 2.23. The van der Waals surface area contributed by atoms with Gasteiger partial charge in [0.05, 0.1) is 17.4 Å².